The Kier molecular flexibility index (Phi) is 3.84. The van der Waals surface area contributed by atoms with Gasteiger partial charge in [-0.3, -0.25) is 0 Å². The number of rotatable bonds is 4. The first-order chi connectivity index (χ1) is 9.51. The lowest BCUT2D eigenvalue weighted by Gasteiger charge is -2.15. The van der Waals surface area contributed by atoms with Crippen molar-refractivity contribution in [2.45, 2.75) is 26.9 Å². The maximum atomic E-state index is 11.7. The molecule has 0 fully saturated rings. The summed E-state index contributed by atoms with van der Waals surface area (Å²) < 4.78 is 10.4. The number of fused-ring (bicyclic) bond motifs is 1. The maximum absolute atomic E-state index is 11.7. The van der Waals surface area contributed by atoms with Crippen LogP contribution in [0.15, 0.2) is 24.3 Å². The summed E-state index contributed by atoms with van der Waals surface area (Å²) in [6.45, 7) is 7.66. The molecule has 0 atom stereocenters. The first-order valence-electron chi connectivity index (χ1n) is 6.38. The summed E-state index contributed by atoms with van der Waals surface area (Å²) in [6.07, 6.45) is 4.13. The zero-order chi connectivity index (χ0) is 14.9. The number of carbonyl (C=O) groups is 1. The second-order valence-electron chi connectivity index (χ2n) is 4.77. The predicted octanol–water partition coefficient (Wildman–Crippen LogP) is 3.05. The normalized spacial score (nSPS) is 13.9. The minimum absolute atomic E-state index is 0.0435. The summed E-state index contributed by atoms with van der Waals surface area (Å²) in [7, 11) is 1.55. The number of cyclic esters (lactones) is 1. The van der Waals surface area contributed by atoms with Crippen LogP contribution in [-0.4, -0.2) is 18.2 Å². The molecule has 4 nitrogen and oxygen atoms in total. The summed E-state index contributed by atoms with van der Waals surface area (Å²) in [5.41, 5.74) is 3.40. The van der Waals surface area contributed by atoms with Gasteiger partial charge in [0.1, 0.15) is 23.7 Å². The van der Waals surface area contributed by atoms with E-state index in [1.807, 2.05) is 19.9 Å². The highest BCUT2D eigenvalue weighted by Crippen LogP contribution is 2.41. The van der Waals surface area contributed by atoms with E-state index in [4.69, 9.17) is 9.47 Å². The van der Waals surface area contributed by atoms with E-state index < -0.39 is 5.97 Å². The van der Waals surface area contributed by atoms with Crippen molar-refractivity contribution in [3.8, 4) is 11.5 Å². The van der Waals surface area contributed by atoms with Crippen LogP contribution in [0.25, 0.3) is 0 Å². The van der Waals surface area contributed by atoms with Crippen molar-refractivity contribution in [3.63, 3.8) is 0 Å². The molecule has 1 heterocycles. The van der Waals surface area contributed by atoms with Gasteiger partial charge in [-0.1, -0.05) is 24.3 Å². The molecule has 2 rings (SSSR count). The standard InChI is InChI=1S/C16H18O4/c1-5-9(2)6-7-11-14(17)13-12(8-20-16(13)18)10(3)15(11)19-4/h5-6,17H,1,7-8H2,2-4H3/b9-6+. The SMILES string of the molecule is C=C/C(C)=C/Cc1c(O)c2c(c(C)c1OC)COC2=O. The van der Waals surface area contributed by atoms with Crippen LogP contribution >= 0.6 is 0 Å². The van der Waals surface area contributed by atoms with Crippen molar-refractivity contribution in [1.82, 2.24) is 0 Å². The molecule has 1 aromatic carbocycles. The van der Waals surface area contributed by atoms with E-state index in [0.717, 1.165) is 11.1 Å². The van der Waals surface area contributed by atoms with E-state index in [9.17, 15) is 9.90 Å². The van der Waals surface area contributed by atoms with Gasteiger partial charge in [0.25, 0.3) is 0 Å². The van der Waals surface area contributed by atoms with Crippen molar-refractivity contribution in [3.05, 3.63) is 46.6 Å². The molecule has 1 aliphatic rings. The van der Waals surface area contributed by atoms with Crippen LogP contribution in [0.4, 0.5) is 0 Å². The van der Waals surface area contributed by atoms with Crippen molar-refractivity contribution in [2.24, 2.45) is 0 Å². The minimum atomic E-state index is -0.478. The summed E-state index contributed by atoms with van der Waals surface area (Å²) in [5.74, 6) is 0.0830. The number of benzene rings is 1. The van der Waals surface area contributed by atoms with Gasteiger partial charge >= 0.3 is 5.97 Å². The second kappa shape index (κ2) is 5.41. The van der Waals surface area contributed by atoms with Gasteiger partial charge in [0.15, 0.2) is 0 Å². The van der Waals surface area contributed by atoms with Crippen LogP contribution in [0.1, 0.15) is 34.0 Å². The topological polar surface area (TPSA) is 55.8 Å². The number of aromatic hydroxyl groups is 1. The Morgan fingerprint density at radius 3 is 2.85 bits per heavy atom. The van der Waals surface area contributed by atoms with E-state index in [-0.39, 0.29) is 17.9 Å². The van der Waals surface area contributed by atoms with Gasteiger partial charge in [-0.15, -0.1) is 0 Å². The lowest BCUT2D eigenvalue weighted by atomic mass is 9.95. The van der Waals surface area contributed by atoms with Crippen LogP contribution in [0, 0.1) is 6.92 Å². The number of hydrogen-bond acceptors (Lipinski definition) is 4. The molecule has 0 saturated carbocycles. The van der Waals surface area contributed by atoms with Gasteiger partial charge in [-0.05, 0) is 25.8 Å². The first-order valence-corrected chi connectivity index (χ1v) is 6.38. The Hall–Kier alpha value is -2.23. The molecule has 0 unspecified atom stereocenters. The summed E-state index contributed by atoms with van der Waals surface area (Å²) in [4.78, 5) is 11.7. The summed E-state index contributed by atoms with van der Waals surface area (Å²) >= 11 is 0. The molecule has 0 bridgehead atoms. The molecule has 0 aliphatic carbocycles. The molecule has 106 valence electrons. The average Bonchev–Trinajstić information content (AvgIpc) is 2.83. The largest absolute Gasteiger partial charge is 0.507 e. The number of esters is 1. The Morgan fingerprint density at radius 1 is 1.55 bits per heavy atom. The van der Waals surface area contributed by atoms with Gasteiger partial charge in [0.2, 0.25) is 0 Å². The minimum Gasteiger partial charge on any atom is -0.507 e. The Balaban J connectivity index is 2.61. The zero-order valence-electron chi connectivity index (χ0n) is 11.9. The maximum Gasteiger partial charge on any atom is 0.342 e. The molecule has 0 radical (unpaired) electrons. The Bertz CT molecular complexity index is 612. The number of carbonyl (C=O) groups excluding carboxylic acids is 1. The third-order valence-corrected chi connectivity index (χ3v) is 3.60. The van der Waals surface area contributed by atoms with Gasteiger partial charge in [0, 0.05) is 11.1 Å². The van der Waals surface area contributed by atoms with Crippen LogP contribution in [-0.2, 0) is 17.8 Å². The first kappa shape index (κ1) is 14.2. The summed E-state index contributed by atoms with van der Waals surface area (Å²) in [6, 6.07) is 0. The number of hydrogen-bond donors (Lipinski definition) is 1. The molecule has 0 saturated heterocycles. The number of allylic oxidation sites excluding steroid dienone is 3. The molecule has 0 amide bonds. The number of phenolic OH excluding ortho intramolecular Hbond substituents is 1. The highest BCUT2D eigenvalue weighted by molar-refractivity contribution is 5.98. The third kappa shape index (κ3) is 2.18. The second-order valence-corrected chi connectivity index (χ2v) is 4.77. The van der Waals surface area contributed by atoms with Crippen molar-refractivity contribution in [2.75, 3.05) is 7.11 Å². The van der Waals surface area contributed by atoms with E-state index in [2.05, 4.69) is 6.58 Å². The van der Waals surface area contributed by atoms with Crippen molar-refractivity contribution in [1.29, 1.82) is 0 Å². The molecule has 1 aromatic rings. The van der Waals surface area contributed by atoms with E-state index in [1.165, 1.54) is 0 Å². The van der Waals surface area contributed by atoms with Crippen molar-refractivity contribution < 1.29 is 19.4 Å². The fraction of sp³-hybridized carbons (Fsp3) is 0.312. The van der Waals surface area contributed by atoms with Gasteiger partial charge in [-0.25, -0.2) is 4.79 Å². The molecule has 0 spiro atoms. The van der Waals surface area contributed by atoms with E-state index >= 15 is 0 Å². The molecular formula is C16H18O4. The predicted molar refractivity (Wildman–Crippen MR) is 76.2 cm³/mol. The van der Waals surface area contributed by atoms with E-state index in [1.54, 1.807) is 13.2 Å². The number of ether oxygens (including phenoxy) is 2. The lowest BCUT2D eigenvalue weighted by molar-refractivity contribution is 0.0533. The molecule has 20 heavy (non-hydrogen) atoms. The highest BCUT2D eigenvalue weighted by Gasteiger charge is 2.31. The van der Waals surface area contributed by atoms with Crippen LogP contribution in [0.5, 0.6) is 11.5 Å². The average molecular weight is 274 g/mol. The van der Waals surface area contributed by atoms with Gasteiger partial charge in [-0.2, -0.15) is 0 Å². The van der Waals surface area contributed by atoms with Gasteiger partial charge < -0.3 is 14.6 Å². The summed E-state index contributed by atoms with van der Waals surface area (Å²) in [5, 5.41) is 10.4. The zero-order valence-corrected chi connectivity index (χ0v) is 11.9. The van der Waals surface area contributed by atoms with Crippen LogP contribution in [0.2, 0.25) is 0 Å². The molecule has 1 N–H and O–H groups in total. The highest BCUT2D eigenvalue weighted by atomic mass is 16.5. The number of phenols is 1. The van der Waals surface area contributed by atoms with Gasteiger partial charge in [0.05, 0.1) is 7.11 Å². The fourth-order valence-corrected chi connectivity index (χ4v) is 2.37. The number of methoxy groups -OCH3 is 1. The molecule has 1 aliphatic heterocycles. The Labute approximate surface area is 118 Å². The van der Waals surface area contributed by atoms with Crippen LogP contribution < -0.4 is 4.74 Å². The third-order valence-electron chi connectivity index (χ3n) is 3.60. The smallest absolute Gasteiger partial charge is 0.342 e. The monoisotopic (exact) mass is 274 g/mol. The van der Waals surface area contributed by atoms with Crippen LogP contribution in [0.3, 0.4) is 0 Å². The van der Waals surface area contributed by atoms with Crippen molar-refractivity contribution >= 4 is 5.97 Å². The molecule has 0 aromatic heterocycles. The van der Waals surface area contributed by atoms with E-state index in [0.29, 0.717) is 23.3 Å². The Morgan fingerprint density at radius 2 is 2.25 bits per heavy atom. The molecule has 4 heteroatoms. The quantitative estimate of drug-likeness (QED) is 0.677. The lowest BCUT2D eigenvalue weighted by Crippen LogP contribution is -2.03. The fourth-order valence-electron chi connectivity index (χ4n) is 2.37. The molecular weight excluding hydrogens is 256 g/mol.